The lowest BCUT2D eigenvalue weighted by molar-refractivity contribution is -0.133. The van der Waals surface area contributed by atoms with Gasteiger partial charge in [-0.2, -0.15) is 0 Å². The second kappa shape index (κ2) is 9.39. The summed E-state index contributed by atoms with van der Waals surface area (Å²) in [4.78, 5) is 29.1. The van der Waals surface area contributed by atoms with Crippen LogP contribution in [-0.4, -0.2) is 53.1 Å². The van der Waals surface area contributed by atoms with Gasteiger partial charge in [-0.15, -0.1) is 11.8 Å². The van der Waals surface area contributed by atoms with Crippen molar-refractivity contribution >= 4 is 29.5 Å². The fraction of sp³-hybridized carbons (Fsp3) is 0.562. The third-order valence-corrected chi connectivity index (χ3v) is 4.64. The van der Waals surface area contributed by atoms with Gasteiger partial charge in [0.2, 0.25) is 0 Å². The number of carboxylic acids is 1. The summed E-state index contributed by atoms with van der Waals surface area (Å²) in [5.41, 5.74) is 0.534. The molecule has 0 spiro atoms. The first-order valence-corrected chi connectivity index (χ1v) is 9.11. The van der Waals surface area contributed by atoms with Gasteiger partial charge in [0.05, 0.1) is 11.3 Å². The van der Waals surface area contributed by atoms with E-state index in [2.05, 4.69) is 15.2 Å². The third kappa shape index (κ3) is 6.09. The van der Waals surface area contributed by atoms with Crippen LogP contribution in [0.4, 0.5) is 5.82 Å². The maximum atomic E-state index is 12.0. The van der Waals surface area contributed by atoms with Crippen LogP contribution < -0.4 is 10.2 Å². The Morgan fingerprint density at radius 3 is 2.57 bits per heavy atom. The van der Waals surface area contributed by atoms with Crippen molar-refractivity contribution in [2.24, 2.45) is 0 Å². The zero-order chi connectivity index (χ0) is 16.5. The van der Waals surface area contributed by atoms with Crippen LogP contribution in [0.25, 0.3) is 0 Å². The quantitative estimate of drug-likeness (QED) is 0.741. The molecule has 1 saturated heterocycles. The molecule has 1 aromatic heterocycles. The molecule has 1 fully saturated rings. The molecule has 0 radical (unpaired) electrons. The summed E-state index contributed by atoms with van der Waals surface area (Å²) in [7, 11) is 0. The van der Waals surface area contributed by atoms with Crippen LogP contribution >= 0.6 is 11.8 Å². The topological polar surface area (TPSA) is 82.5 Å². The lowest BCUT2D eigenvalue weighted by atomic mass is 10.2. The fourth-order valence-electron chi connectivity index (χ4n) is 2.51. The molecule has 2 heterocycles. The predicted octanol–water partition coefficient (Wildman–Crippen LogP) is 2.01. The number of thioether (sulfide) groups is 1. The van der Waals surface area contributed by atoms with Crippen molar-refractivity contribution in [3.05, 3.63) is 23.9 Å². The van der Waals surface area contributed by atoms with Gasteiger partial charge >= 0.3 is 5.97 Å². The highest BCUT2D eigenvalue weighted by molar-refractivity contribution is 7.99. The average Bonchev–Trinajstić information content (AvgIpc) is 2.83. The number of carbonyl (C=O) groups excluding carboxylic acids is 1. The maximum Gasteiger partial charge on any atom is 0.313 e. The largest absolute Gasteiger partial charge is 0.481 e. The van der Waals surface area contributed by atoms with Crippen LogP contribution in [0.2, 0.25) is 0 Å². The second-order valence-corrected chi connectivity index (χ2v) is 6.61. The predicted molar refractivity (Wildman–Crippen MR) is 92.2 cm³/mol. The number of carboxylic acid groups (broad SMARTS) is 1. The number of hydrogen-bond acceptors (Lipinski definition) is 5. The molecular formula is C16H23N3O3S. The standard InChI is InChI=1S/C16H23N3O3S/c20-15(21)12-23-10-7-17-16(22)13-5-6-14(18-11-13)19-8-3-1-2-4-9-19/h5-6,11H,1-4,7-10,12H2,(H,17,22)(H,20,21). The van der Waals surface area contributed by atoms with E-state index in [1.807, 2.05) is 6.07 Å². The Morgan fingerprint density at radius 1 is 1.22 bits per heavy atom. The van der Waals surface area contributed by atoms with Crippen LogP contribution in [-0.2, 0) is 4.79 Å². The van der Waals surface area contributed by atoms with Gasteiger partial charge in [0, 0.05) is 31.6 Å². The van der Waals surface area contributed by atoms with Crippen molar-refractivity contribution in [1.29, 1.82) is 0 Å². The number of nitrogens with zero attached hydrogens (tertiary/aromatic N) is 2. The molecule has 7 heteroatoms. The van der Waals surface area contributed by atoms with Crippen molar-refractivity contribution in [3.63, 3.8) is 0 Å². The van der Waals surface area contributed by atoms with Crippen LogP contribution in [0.1, 0.15) is 36.0 Å². The summed E-state index contributed by atoms with van der Waals surface area (Å²) < 4.78 is 0. The first-order valence-electron chi connectivity index (χ1n) is 7.95. The van der Waals surface area contributed by atoms with Gasteiger partial charge in [-0.25, -0.2) is 4.98 Å². The molecule has 2 rings (SSSR count). The highest BCUT2D eigenvalue weighted by atomic mass is 32.2. The number of nitrogens with one attached hydrogen (secondary N) is 1. The number of anilines is 1. The minimum atomic E-state index is -0.838. The van der Waals surface area contributed by atoms with Gasteiger partial charge in [0.1, 0.15) is 5.82 Å². The lowest BCUT2D eigenvalue weighted by Gasteiger charge is -2.21. The Balaban J connectivity index is 1.79. The molecule has 0 unspecified atom stereocenters. The Bertz CT molecular complexity index is 514. The smallest absolute Gasteiger partial charge is 0.313 e. The van der Waals surface area contributed by atoms with E-state index in [1.165, 1.54) is 37.4 Å². The molecule has 0 saturated carbocycles. The van der Waals surface area contributed by atoms with Gasteiger partial charge in [-0.3, -0.25) is 9.59 Å². The van der Waals surface area contributed by atoms with E-state index in [9.17, 15) is 9.59 Å². The molecule has 23 heavy (non-hydrogen) atoms. The number of amides is 1. The Labute approximate surface area is 140 Å². The summed E-state index contributed by atoms with van der Waals surface area (Å²) in [5, 5.41) is 11.3. The van der Waals surface area contributed by atoms with E-state index in [1.54, 1.807) is 12.3 Å². The molecule has 0 aliphatic carbocycles. The monoisotopic (exact) mass is 337 g/mol. The molecule has 1 aromatic rings. The first kappa shape index (κ1) is 17.6. The minimum absolute atomic E-state index is 0.0575. The van der Waals surface area contributed by atoms with E-state index < -0.39 is 5.97 Å². The molecule has 0 bridgehead atoms. The number of hydrogen-bond donors (Lipinski definition) is 2. The summed E-state index contributed by atoms with van der Waals surface area (Å²) in [6, 6.07) is 3.70. The second-order valence-electron chi connectivity index (χ2n) is 5.51. The first-order chi connectivity index (χ1) is 11.2. The normalized spacial score (nSPS) is 15.0. The SMILES string of the molecule is O=C(O)CSCCNC(=O)c1ccc(N2CCCCCC2)nc1. The van der Waals surface area contributed by atoms with Crippen molar-refractivity contribution < 1.29 is 14.7 Å². The lowest BCUT2D eigenvalue weighted by Crippen LogP contribution is -2.27. The Morgan fingerprint density at radius 2 is 1.96 bits per heavy atom. The maximum absolute atomic E-state index is 12.0. The summed E-state index contributed by atoms with van der Waals surface area (Å²) in [5.74, 6) is 0.560. The fourth-order valence-corrected chi connectivity index (χ4v) is 3.07. The van der Waals surface area contributed by atoms with Crippen molar-refractivity contribution in [2.45, 2.75) is 25.7 Å². The van der Waals surface area contributed by atoms with Crippen LogP contribution in [0.15, 0.2) is 18.3 Å². The third-order valence-electron chi connectivity index (χ3n) is 3.70. The van der Waals surface area contributed by atoms with E-state index in [0.29, 0.717) is 17.9 Å². The van der Waals surface area contributed by atoms with Gasteiger partial charge in [0.15, 0.2) is 0 Å². The molecule has 1 aliphatic rings. The molecule has 2 N–H and O–H groups in total. The summed E-state index contributed by atoms with van der Waals surface area (Å²) in [6.45, 7) is 2.50. The Hall–Kier alpha value is -1.76. The number of aliphatic carboxylic acids is 1. The zero-order valence-corrected chi connectivity index (χ0v) is 14.0. The summed E-state index contributed by atoms with van der Waals surface area (Å²) in [6.07, 6.45) is 6.55. The number of carbonyl (C=O) groups is 2. The average molecular weight is 337 g/mol. The van der Waals surface area contributed by atoms with E-state index >= 15 is 0 Å². The number of aromatic nitrogens is 1. The molecule has 126 valence electrons. The van der Waals surface area contributed by atoms with Crippen LogP contribution in [0.5, 0.6) is 0 Å². The molecule has 1 aliphatic heterocycles. The molecule has 0 atom stereocenters. The van der Waals surface area contributed by atoms with E-state index in [0.717, 1.165) is 18.9 Å². The van der Waals surface area contributed by atoms with Gasteiger partial charge in [-0.05, 0) is 25.0 Å². The summed E-state index contributed by atoms with van der Waals surface area (Å²) >= 11 is 1.29. The molecular weight excluding hydrogens is 314 g/mol. The van der Waals surface area contributed by atoms with Gasteiger partial charge in [-0.1, -0.05) is 12.8 Å². The molecule has 1 amide bonds. The van der Waals surface area contributed by atoms with Crippen LogP contribution in [0.3, 0.4) is 0 Å². The minimum Gasteiger partial charge on any atom is -0.481 e. The van der Waals surface area contributed by atoms with Crippen molar-refractivity contribution in [2.75, 3.05) is 36.0 Å². The zero-order valence-electron chi connectivity index (χ0n) is 13.2. The van der Waals surface area contributed by atoms with Gasteiger partial charge < -0.3 is 15.3 Å². The highest BCUT2D eigenvalue weighted by Crippen LogP contribution is 2.17. The highest BCUT2D eigenvalue weighted by Gasteiger charge is 2.12. The molecule has 6 nitrogen and oxygen atoms in total. The van der Waals surface area contributed by atoms with Crippen LogP contribution in [0, 0.1) is 0 Å². The van der Waals surface area contributed by atoms with E-state index in [-0.39, 0.29) is 11.7 Å². The van der Waals surface area contributed by atoms with Crippen molar-refractivity contribution in [1.82, 2.24) is 10.3 Å². The molecule has 0 aromatic carbocycles. The van der Waals surface area contributed by atoms with Gasteiger partial charge in [0.25, 0.3) is 5.91 Å². The number of pyridine rings is 1. The number of rotatable bonds is 7. The Kier molecular flexibility index (Phi) is 7.19. The van der Waals surface area contributed by atoms with Crippen molar-refractivity contribution in [3.8, 4) is 0 Å². The van der Waals surface area contributed by atoms with E-state index in [4.69, 9.17) is 5.11 Å².